The Hall–Kier alpha value is -2.37. The highest BCUT2D eigenvalue weighted by Crippen LogP contribution is 2.30. The van der Waals surface area contributed by atoms with E-state index in [1.807, 2.05) is 32.0 Å². The zero-order valence-electron chi connectivity index (χ0n) is 16.1. The summed E-state index contributed by atoms with van der Waals surface area (Å²) in [7, 11) is 0. The number of carboxylic acid groups (broad SMARTS) is 1. The van der Waals surface area contributed by atoms with Crippen LogP contribution in [0.25, 0.3) is 0 Å². The maximum absolute atomic E-state index is 13.0. The summed E-state index contributed by atoms with van der Waals surface area (Å²) < 4.78 is 0. The highest BCUT2D eigenvalue weighted by Gasteiger charge is 2.40. The van der Waals surface area contributed by atoms with Gasteiger partial charge in [-0.2, -0.15) is 0 Å². The van der Waals surface area contributed by atoms with Crippen molar-refractivity contribution in [1.29, 1.82) is 0 Å². The van der Waals surface area contributed by atoms with Crippen molar-refractivity contribution >= 4 is 23.5 Å². The molecule has 2 atom stereocenters. The number of likely N-dealkylation sites (tertiary alicyclic amines) is 1. The molecule has 3 rings (SSSR count). The fraction of sp³-hybridized carbons (Fsp3) is 0.571. The SMILES string of the molecule is Cc1ccc(N2CC[C@H](C(=O)N3CCC[C@@H](CCC(=O)O)C3)C2=O)cc1C. The lowest BCUT2D eigenvalue weighted by molar-refractivity contribution is -0.141. The summed E-state index contributed by atoms with van der Waals surface area (Å²) in [6, 6.07) is 5.95. The second-order valence-corrected chi connectivity index (χ2v) is 7.82. The van der Waals surface area contributed by atoms with Gasteiger partial charge in [0.2, 0.25) is 11.8 Å². The van der Waals surface area contributed by atoms with Crippen LogP contribution in [-0.4, -0.2) is 47.4 Å². The van der Waals surface area contributed by atoms with Crippen LogP contribution in [0.3, 0.4) is 0 Å². The fourth-order valence-electron chi connectivity index (χ4n) is 4.11. The number of anilines is 1. The number of carbonyl (C=O) groups is 3. The predicted octanol–water partition coefficient (Wildman–Crippen LogP) is 2.76. The van der Waals surface area contributed by atoms with Gasteiger partial charge >= 0.3 is 5.97 Å². The zero-order chi connectivity index (χ0) is 19.6. The molecule has 0 aliphatic carbocycles. The van der Waals surface area contributed by atoms with Crippen LogP contribution in [0.1, 0.15) is 43.2 Å². The molecule has 2 saturated heterocycles. The Morgan fingerprint density at radius 2 is 1.93 bits per heavy atom. The molecule has 146 valence electrons. The maximum atomic E-state index is 13.0. The van der Waals surface area contributed by atoms with E-state index in [9.17, 15) is 14.4 Å². The van der Waals surface area contributed by atoms with Crippen LogP contribution in [-0.2, 0) is 14.4 Å². The predicted molar refractivity (Wildman–Crippen MR) is 103 cm³/mol. The molecule has 1 N–H and O–H groups in total. The molecule has 2 amide bonds. The van der Waals surface area contributed by atoms with Gasteiger partial charge in [-0.05, 0) is 68.7 Å². The third-order valence-corrected chi connectivity index (χ3v) is 5.90. The van der Waals surface area contributed by atoms with Gasteiger partial charge in [-0.3, -0.25) is 14.4 Å². The number of carboxylic acids is 1. The molecule has 0 spiro atoms. The Balaban J connectivity index is 1.64. The molecule has 1 aromatic carbocycles. The normalized spacial score (nSPS) is 23.0. The van der Waals surface area contributed by atoms with E-state index >= 15 is 0 Å². The van der Waals surface area contributed by atoms with E-state index in [2.05, 4.69) is 0 Å². The number of piperidine rings is 1. The first-order valence-corrected chi connectivity index (χ1v) is 9.76. The highest BCUT2D eigenvalue weighted by atomic mass is 16.4. The molecule has 6 heteroatoms. The highest BCUT2D eigenvalue weighted by molar-refractivity contribution is 6.09. The van der Waals surface area contributed by atoms with Crippen molar-refractivity contribution in [2.24, 2.45) is 11.8 Å². The van der Waals surface area contributed by atoms with Gasteiger partial charge in [-0.15, -0.1) is 0 Å². The number of nitrogens with zero attached hydrogens (tertiary/aromatic N) is 2. The van der Waals surface area contributed by atoms with Gasteiger partial charge in [0.1, 0.15) is 5.92 Å². The third kappa shape index (κ3) is 4.31. The Morgan fingerprint density at radius 1 is 1.15 bits per heavy atom. The standard InChI is InChI=1S/C21H28N2O4/c1-14-5-7-17(12-15(14)2)23-11-9-18(21(23)27)20(26)22-10-3-4-16(13-22)6-8-19(24)25/h5,7,12,16,18H,3-4,6,8-11,13H2,1-2H3,(H,24,25)/t16-,18+/m0/s1. The van der Waals surface area contributed by atoms with Crippen LogP contribution >= 0.6 is 0 Å². The number of benzene rings is 1. The Kier molecular flexibility index (Phi) is 5.82. The van der Waals surface area contributed by atoms with Gasteiger partial charge in [0.25, 0.3) is 0 Å². The van der Waals surface area contributed by atoms with Gasteiger partial charge in [0, 0.05) is 31.7 Å². The van der Waals surface area contributed by atoms with Crippen molar-refractivity contribution < 1.29 is 19.5 Å². The molecule has 2 heterocycles. The molecular formula is C21H28N2O4. The minimum Gasteiger partial charge on any atom is -0.481 e. The molecule has 2 aliphatic rings. The monoisotopic (exact) mass is 372 g/mol. The van der Waals surface area contributed by atoms with E-state index in [1.54, 1.807) is 9.80 Å². The van der Waals surface area contributed by atoms with Crippen molar-refractivity contribution in [3.05, 3.63) is 29.3 Å². The van der Waals surface area contributed by atoms with Gasteiger partial charge in [0.05, 0.1) is 0 Å². The lowest BCUT2D eigenvalue weighted by Gasteiger charge is -2.34. The zero-order valence-corrected chi connectivity index (χ0v) is 16.1. The first-order valence-electron chi connectivity index (χ1n) is 9.76. The van der Waals surface area contributed by atoms with Crippen LogP contribution in [0.2, 0.25) is 0 Å². The number of rotatable bonds is 5. The smallest absolute Gasteiger partial charge is 0.303 e. The van der Waals surface area contributed by atoms with Crippen molar-refractivity contribution in [2.45, 2.75) is 46.0 Å². The Bertz CT molecular complexity index is 746. The number of aliphatic carboxylic acids is 1. The lowest BCUT2D eigenvalue weighted by Crippen LogP contribution is -2.45. The van der Waals surface area contributed by atoms with E-state index in [-0.39, 0.29) is 24.2 Å². The number of hydrogen-bond donors (Lipinski definition) is 1. The van der Waals surface area contributed by atoms with E-state index < -0.39 is 11.9 Å². The second kappa shape index (κ2) is 8.11. The first-order chi connectivity index (χ1) is 12.9. The lowest BCUT2D eigenvalue weighted by atomic mass is 9.92. The molecular weight excluding hydrogens is 344 g/mol. The maximum Gasteiger partial charge on any atom is 0.303 e. The Morgan fingerprint density at radius 3 is 2.63 bits per heavy atom. The molecule has 2 fully saturated rings. The molecule has 0 unspecified atom stereocenters. The van der Waals surface area contributed by atoms with Gasteiger partial charge < -0.3 is 14.9 Å². The van der Waals surface area contributed by atoms with Crippen LogP contribution in [0.15, 0.2) is 18.2 Å². The molecule has 0 radical (unpaired) electrons. The minimum absolute atomic E-state index is 0.0913. The molecule has 1 aromatic rings. The van der Waals surface area contributed by atoms with E-state index in [4.69, 9.17) is 5.11 Å². The molecule has 0 aromatic heterocycles. The van der Waals surface area contributed by atoms with E-state index in [1.165, 1.54) is 5.56 Å². The van der Waals surface area contributed by atoms with Crippen LogP contribution in [0, 0.1) is 25.7 Å². The average Bonchev–Trinajstić information content (AvgIpc) is 3.03. The van der Waals surface area contributed by atoms with Crippen LogP contribution < -0.4 is 4.90 Å². The molecule has 6 nitrogen and oxygen atoms in total. The molecule has 27 heavy (non-hydrogen) atoms. The summed E-state index contributed by atoms with van der Waals surface area (Å²) in [5, 5.41) is 8.87. The van der Waals surface area contributed by atoms with E-state index in [0.717, 1.165) is 24.1 Å². The second-order valence-electron chi connectivity index (χ2n) is 7.82. The molecule has 2 aliphatic heterocycles. The molecule has 0 saturated carbocycles. The number of carbonyl (C=O) groups excluding carboxylic acids is 2. The quantitative estimate of drug-likeness (QED) is 0.806. The van der Waals surface area contributed by atoms with Gasteiger partial charge in [-0.25, -0.2) is 0 Å². The summed E-state index contributed by atoms with van der Waals surface area (Å²) in [5.41, 5.74) is 3.17. The number of aryl methyl sites for hydroxylation is 2. The minimum atomic E-state index is -0.798. The summed E-state index contributed by atoms with van der Waals surface area (Å²) in [5.74, 6) is -1.40. The van der Waals surface area contributed by atoms with E-state index in [0.29, 0.717) is 32.5 Å². The fourth-order valence-corrected chi connectivity index (χ4v) is 4.11. The number of hydrogen-bond acceptors (Lipinski definition) is 3. The third-order valence-electron chi connectivity index (χ3n) is 5.90. The largest absolute Gasteiger partial charge is 0.481 e. The van der Waals surface area contributed by atoms with Gasteiger partial charge in [0.15, 0.2) is 0 Å². The summed E-state index contributed by atoms with van der Waals surface area (Å²) >= 11 is 0. The van der Waals surface area contributed by atoms with Crippen molar-refractivity contribution in [2.75, 3.05) is 24.5 Å². The summed E-state index contributed by atoms with van der Waals surface area (Å²) in [6.45, 7) is 5.85. The summed E-state index contributed by atoms with van der Waals surface area (Å²) in [6.07, 6.45) is 3.09. The first kappa shape index (κ1) is 19.4. The van der Waals surface area contributed by atoms with Crippen molar-refractivity contribution in [3.8, 4) is 0 Å². The molecule has 0 bridgehead atoms. The van der Waals surface area contributed by atoms with Crippen molar-refractivity contribution in [1.82, 2.24) is 4.90 Å². The van der Waals surface area contributed by atoms with Crippen LogP contribution in [0.4, 0.5) is 5.69 Å². The average molecular weight is 372 g/mol. The van der Waals surface area contributed by atoms with Crippen LogP contribution in [0.5, 0.6) is 0 Å². The number of amides is 2. The van der Waals surface area contributed by atoms with Crippen molar-refractivity contribution in [3.63, 3.8) is 0 Å². The summed E-state index contributed by atoms with van der Waals surface area (Å²) in [4.78, 5) is 40.1. The van der Waals surface area contributed by atoms with Gasteiger partial charge in [-0.1, -0.05) is 6.07 Å². The topological polar surface area (TPSA) is 77.9 Å². The Labute approximate surface area is 160 Å².